The van der Waals surface area contributed by atoms with Crippen molar-refractivity contribution in [3.8, 4) is 23.0 Å². The number of ether oxygens (including phenoxy) is 1. The minimum Gasteiger partial charge on any atom is -0.495 e. The van der Waals surface area contributed by atoms with Crippen LogP contribution < -0.4 is 10.1 Å². The first kappa shape index (κ1) is 20.7. The average Bonchev–Trinajstić information content (AvgIpc) is 3.47. The van der Waals surface area contributed by atoms with Gasteiger partial charge in [0.1, 0.15) is 5.75 Å². The maximum absolute atomic E-state index is 12.4. The Balaban J connectivity index is 1.53. The second-order valence-electron chi connectivity index (χ2n) is 6.84. The highest BCUT2D eigenvalue weighted by atomic mass is 32.2. The number of aromatic nitrogens is 3. The van der Waals surface area contributed by atoms with Gasteiger partial charge < -0.3 is 14.5 Å². The van der Waals surface area contributed by atoms with Gasteiger partial charge in [-0.3, -0.25) is 9.36 Å². The van der Waals surface area contributed by atoms with Crippen LogP contribution in [0.1, 0.15) is 11.1 Å². The molecular formula is C23H22N4O3S. The van der Waals surface area contributed by atoms with E-state index in [2.05, 4.69) is 15.5 Å². The lowest BCUT2D eigenvalue weighted by molar-refractivity contribution is -0.118. The standard InChI is InChI=1S/C23H22N4O3S/c1-16-9-11-17(12-10-16)14-24-21(28)15-31-23-26-25-22(20-8-5-13-30-20)27(23)18-6-3-4-7-19(18)29-2/h3-13H,14-15H2,1-2H3,(H,24,28). The van der Waals surface area contributed by atoms with E-state index in [9.17, 15) is 4.79 Å². The van der Waals surface area contributed by atoms with Crippen molar-refractivity contribution in [1.29, 1.82) is 0 Å². The van der Waals surface area contributed by atoms with Gasteiger partial charge in [0.15, 0.2) is 10.9 Å². The summed E-state index contributed by atoms with van der Waals surface area (Å²) in [6.45, 7) is 2.52. The van der Waals surface area contributed by atoms with E-state index < -0.39 is 0 Å². The van der Waals surface area contributed by atoms with Crippen LogP contribution in [0.2, 0.25) is 0 Å². The van der Waals surface area contributed by atoms with E-state index in [0.717, 1.165) is 11.3 Å². The lowest BCUT2D eigenvalue weighted by atomic mass is 10.1. The smallest absolute Gasteiger partial charge is 0.230 e. The predicted octanol–water partition coefficient (Wildman–Crippen LogP) is 4.25. The van der Waals surface area contributed by atoms with Crippen LogP contribution in [0.3, 0.4) is 0 Å². The van der Waals surface area contributed by atoms with Crippen LogP contribution in [0, 0.1) is 6.92 Å². The number of thioether (sulfide) groups is 1. The minimum absolute atomic E-state index is 0.0836. The number of nitrogens with zero attached hydrogens (tertiary/aromatic N) is 3. The number of furan rings is 1. The SMILES string of the molecule is COc1ccccc1-n1c(SCC(=O)NCc2ccc(C)cc2)nnc1-c1ccco1. The summed E-state index contributed by atoms with van der Waals surface area (Å²) in [7, 11) is 1.61. The molecule has 4 rings (SSSR count). The van der Waals surface area contributed by atoms with Crippen molar-refractivity contribution < 1.29 is 13.9 Å². The van der Waals surface area contributed by atoms with E-state index in [0.29, 0.717) is 29.0 Å². The summed E-state index contributed by atoms with van der Waals surface area (Å²) < 4.78 is 12.9. The number of benzene rings is 2. The van der Waals surface area contributed by atoms with Crippen molar-refractivity contribution in [2.45, 2.75) is 18.6 Å². The van der Waals surface area contributed by atoms with Crippen LogP contribution in [0.25, 0.3) is 17.3 Å². The molecule has 8 heteroatoms. The number of nitrogens with one attached hydrogen (secondary N) is 1. The monoisotopic (exact) mass is 434 g/mol. The molecule has 0 saturated carbocycles. The van der Waals surface area contributed by atoms with E-state index in [4.69, 9.17) is 9.15 Å². The zero-order chi connectivity index (χ0) is 21.6. The highest BCUT2D eigenvalue weighted by molar-refractivity contribution is 7.99. The molecule has 2 heterocycles. The highest BCUT2D eigenvalue weighted by Gasteiger charge is 2.21. The maximum atomic E-state index is 12.4. The fourth-order valence-corrected chi connectivity index (χ4v) is 3.82. The lowest BCUT2D eigenvalue weighted by Gasteiger charge is -2.13. The van der Waals surface area contributed by atoms with E-state index in [1.165, 1.54) is 17.3 Å². The number of rotatable bonds is 8. The molecule has 0 radical (unpaired) electrons. The van der Waals surface area contributed by atoms with Gasteiger partial charge in [0.25, 0.3) is 0 Å². The summed E-state index contributed by atoms with van der Waals surface area (Å²) in [5, 5.41) is 12.1. The first-order chi connectivity index (χ1) is 15.2. The Morgan fingerprint density at radius 3 is 2.65 bits per heavy atom. The summed E-state index contributed by atoms with van der Waals surface area (Å²) in [5.41, 5.74) is 3.01. The van der Waals surface area contributed by atoms with Gasteiger partial charge in [0.2, 0.25) is 11.7 Å². The molecule has 0 aliphatic carbocycles. The van der Waals surface area contributed by atoms with E-state index in [-0.39, 0.29) is 11.7 Å². The van der Waals surface area contributed by atoms with Crippen molar-refractivity contribution in [3.05, 3.63) is 78.1 Å². The number of para-hydroxylation sites is 2. The number of aryl methyl sites for hydroxylation is 1. The third-order valence-corrected chi connectivity index (χ3v) is 5.57. The van der Waals surface area contributed by atoms with Gasteiger partial charge in [-0.2, -0.15) is 0 Å². The van der Waals surface area contributed by atoms with Gasteiger partial charge in [-0.15, -0.1) is 10.2 Å². The Morgan fingerprint density at radius 2 is 1.90 bits per heavy atom. The van der Waals surface area contributed by atoms with Crippen molar-refractivity contribution in [1.82, 2.24) is 20.1 Å². The van der Waals surface area contributed by atoms with Crippen molar-refractivity contribution in [2.24, 2.45) is 0 Å². The molecule has 158 valence electrons. The molecule has 7 nitrogen and oxygen atoms in total. The van der Waals surface area contributed by atoms with Crippen LogP contribution in [0.5, 0.6) is 5.75 Å². The molecule has 0 unspecified atom stereocenters. The van der Waals surface area contributed by atoms with Gasteiger partial charge in [0.05, 0.1) is 24.8 Å². The molecule has 2 aromatic carbocycles. The molecular weight excluding hydrogens is 412 g/mol. The Kier molecular flexibility index (Phi) is 6.37. The summed E-state index contributed by atoms with van der Waals surface area (Å²) in [6, 6.07) is 19.3. The molecule has 0 aliphatic heterocycles. The van der Waals surface area contributed by atoms with E-state index in [1.54, 1.807) is 19.4 Å². The normalized spacial score (nSPS) is 10.8. The highest BCUT2D eigenvalue weighted by Crippen LogP contribution is 2.32. The second kappa shape index (κ2) is 9.53. The molecule has 0 spiro atoms. The van der Waals surface area contributed by atoms with Gasteiger partial charge in [0, 0.05) is 6.54 Å². The molecule has 1 N–H and O–H groups in total. The summed E-state index contributed by atoms with van der Waals surface area (Å²) in [6.07, 6.45) is 1.59. The fraction of sp³-hybridized carbons (Fsp3) is 0.174. The number of amides is 1. The Hall–Kier alpha value is -3.52. The van der Waals surface area contributed by atoms with Crippen molar-refractivity contribution >= 4 is 17.7 Å². The topological polar surface area (TPSA) is 82.2 Å². The Labute approximate surface area is 184 Å². The number of hydrogen-bond donors (Lipinski definition) is 1. The number of methoxy groups -OCH3 is 1. The van der Waals surface area contributed by atoms with Crippen molar-refractivity contribution in [2.75, 3.05) is 12.9 Å². The fourth-order valence-electron chi connectivity index (χ4n) is 3.05. The van der Waals surface area contributed by atoms with Gasteiger partial charge in [-0.1, -0.05) is 53.7 Å². The molecule has 0 atom stereocenters. The van der Waals surface area contributed by atoms with Crippen LogP contribution in [0.4, 0.5) is 0 Å². The predicted molar refractivity (Wildman–Crippen MR) is 119 cm³/mol. The third-order valence-electron chi connectivity index (χ3n) is 4.64. The Morgan fingerprint density at radius 1 is 1.10 bits per heavy atom. The largest absolute Gasteiger partial charge is 0.495 e. The quantitative estimate of drug-likeness (QED) is 0.418. The first-order valence-corrected chi connectivity index (χ1v) is 10.7. The number of carbonyl (C=O) groups is 1. The minimum atomic E-state index is -0.0836. The van der Waals surface area contributed by atoms with Gasteiger partial charge >= 0.3 is 0 Å². The summed E-state index contributed by atoms with van der Waals surface area (Å²) in [5.74, 6) is 1.91. The van der Waals surface area contributed by atoms with E-state index >= 15 is 0 Å². The molecule has 4 aromatic rings. The molecule has 2 aromatic heterocycles. The molecule has 0 fully saturated rings. The molecule has 0 bridgehead atoms. The van der Waals surface area contributed by atoms with Crippen LogP contribution in [-0.4, -0.2) is 33.5 Å². The molecule has 0 saturated heterocycles. The zero-order valence-corrected chi connectivity index (χ0v) is 18.1. The maximum Gasteiger partial charge on any atom is 0.230 e. The molecule has 1 amide bonds. The molecule has 31 heavy (non-hydrogen) atoms. The number of hydrogen-bond acceptors (Lipinski definition) is 6. The average molecular weight is 435 g/mol. The van der Waals surface area contributed by atoms with Crippen LogP contribution >= 0.6 is 11.8 Å². The number of carbonyl (C=O) groups excluding carboxylic acids is 1. The van der Waals surface area contributed by atoms with Gasteiger partial charge in [-0.25, -0.2) is 0 Å². The lowest BCUT2D eigenvalue weighted by Crippen LogP contribution is -2.24. The zero-order valence-electron chi connectivity index (χ0n) is 17.2. The Bertz CT molecular complexity index is 1150. The summed E-state index contributed by atoms with van der Waals surface area (Å²) in [4.78, 5) is 12.4. The van der Waals surface area contributed by atoms with Gasteiger partial charge in [-0.05, 0) is 36.8 Å². The second-order valence-corrected chi connectivity index (χ2v) is 7.78. The van der Waals surface area contributed by atoms with E-state index in [1.807, 2.05) is 66.1 Å². The third kappa shape index (κ3) is 4.80. The summed E-state index contributed by atoms with van der Waals surface area (Å²) >= 11 is 1.30. The molecule has 0 aliphatic rings. The first-order valence-electron chi connectivity index (χ1n) is 9.73. The van der Waals surface area contributed by atoms with Crippen LogP contribution in [0.15, 0.2) is 76.5 Å². The van der Waals surface area contributed by atoms with Crippen LogP contribution in [-0.2, 0) is 11.3 Å². The van der Waals surface area contributed by atoms with Crippen molar-refractivity contribution in [3.63, 3.8) is 0 Å².